The van der Waals surface area contributed by atoms with E-state index in [0.29, 0.717) is 5.92 Å². The molecule has 0 saturated carbocycles. The van der Waals surface area contributed by atoms with E-state index in [1.807, 2.05) is 37.8 Å². The normalized spacial score (nSPS) is 16.1. The third kappa shape index (κ3) is 5.73. The van der Waals surface area contributed by atoms with Gasteiger partial charge in [-0.1, -0.05) is 18.2 Å². The number of benzene rings is 1. The van der Waals surface area contributed by atoms with Gasteiger partial charge in [0.05, 0.1) is 7.11 Å². The van der Waals surface area contributed by atoms with E-state index in [1.165, 1.54) is 12.0 Å². The Labute approximate surface area is 146 Å². The summed E-state index contributed by atoms with van der Waals surface area (Å²) in [6.45, 7) is 7.36. The van der Waals surface area contributed by atoms with Crippen LogP contribution in [0.4, 0.5) is 4.79 Å². The number of carbonyl (C=O) groups is 1. The summed E-state index contributed by atoms with van der Waals surface area (Å²) in [4.78, 5) is 13.9. The van der Waals surface area contributed by atoms with Gasteiger partial charge in [0.15, 0.2) is 0 Å². The minimum Gasteiger partial charge on any atom is -0.496 e. The van der Waals surface area contributed by atoms with E-state index in [-0.39, 0.29) is 6.09 Å². The Morgan fingerprint density at radius 3 is 2.50 bits per heavy atom. The number of rotatable bonds is 5. The minimum atomic E-state index is -0.414. The van der Waals surface area contributed by atoms with Crippen molar-refractivity contribution in [3.05, 3.63) is 29.8 Å². The van der Waals surface area contributed by atoms with Gasteiger partial charge in [-0.15, -0.1) is 0 Å². The first-order chi connectivity index (χ1) is 11.4. The van der Waals surface area contributed by atoms with Crippen LogP contribution in [0, 0.1) is 5.92 Å². The smallest absolute Gasteiger partial charge is 0.410 e. The number of amides is 1. The number of para-hydroxylation sites is 1. The zero-order chi connectivity index (χ0) is 17.6. The molecule has 4 nitrogen and oxygen atoms in total. The summed E-state index contributed by atoms with van der Waals surface area (Å²) in [5.74, 6) is 1.69. The van der Waals surface area contributed by atoms with Crippen molar-refractivity contribution in [3.8, 4) is 5.75 Å². The summed E-state index contributed by atoms with van der Waals surface area (Å²) in [6, 6.07) is 8.24. The Bertz CT molecular complexity index is 528. The molecule has 4 heteroatoms. The highest BCUT2D eigenvalue weighted by Gasteiger charge is 2.26. The molecule has 134 valence electrons. The molecule has 0 atom stereocenters. The Balaban J connectivity index is 1.71. The molecule has 0 spiro atoms. The molecule has 2 rings (SSSR count). The van der Waals surface area contributed by atoms with E-state index in [9.17, 15) is 4.79 Å². The molecule has 1 aliphatic heterocycles. The van der Waals surface area contributed by atoms with Crippen molar-refractivity contribution in [1.82, 2.24) is 4.90 Å². The van der Waals surface area contributed by atoms with E-state index >= 15 is 0 Å². The average molecular weight is 333 g/mol. The fraction of sp³-hybridized carbons (Fsp3) is 0.650. The number of methoxy groups -OCH3 is 1. The standard InChI is InChI=1S/C20H31NO3/c1-20(2,3)24-19(22)21-14-12-16(13-15-21)8-7-10-17-9-5-6-11-18(17)23-4/h5-6,9,11,16H,7-8,10,12-15H2,1-4H3. The van der Waals surface area contributed by atoms with E-state index in [1.54, 1.807) is 7.11 Å². The molecule has 0 unspecified atom stereocenters. The number of piperidine rings is 1. The molecule has 1 aromatic carbocycles. The topological polar surface area (TPSA) is 38.8 Å². The van der Waals surface area contributed by atoms with Gasteiger partial charge >= 0.3 is 6.09 Å². The lowest BCUT2D eigenvalue weighted by atomic mass is 9.91. The first-order valence-corrected chi connectivity index (χ1v) is 8.99. The van der Waals surface area contributed by atoms with Gasteiger partial charge in [-0.2, -0.15) is 0 Å². The lowest BCUT2D eigenvalue weighted by molar-refractivity contribution is 0.0180. The first kappa shape index (κ1) is 18.6. The van der Waals surface area contributed by atoms with Crippen molar-refractivity contribution in [2.45, 2.75) is 58.5 Å². The van der Waals surface area contributed by atoms with Gasteiger partial charge in [-0.3, -0.25) is 0 Å². The van der Waals surface area contributed by atoms with Crippen LogP contribution in [0.3, 0.4) is 0 Å². The van der Waals surface area contributed by atoms with Crippen LogP contribution in [0.15, 0.2) is 24.3 Å². The predicted octanol–water partition coefficient (Wildman–Crippen LogP) is 4.67. The first-order valence-electron chi connectivity index (χ1n) is 8.99. The van der Waals surface area contributed by atoms with Gasteiger partial charge < -0.3 is 14.4 Å². The largest absolute Gasteiger partial charge is 0.496 e. The second-order valence-electron chi connectivity index (χ2n) is 7.61. The van der Waals surface area contributed by atoms with Crippen LogP contribution in [-0.2, 0) is 11.2 Å². The minimum absolute atomic E-state index is 0.171. The van der Waals surface area contributed by atoms with Gasteiger partial charge in [0, 0.05) is 13.1 Å². The second kappa shape index (κ2) is 8.41. The highest BCUT2D eigenvalue weighted by molar-refractivity contribution is 5.68. The summed E-state index contributed by atoms with van der Waals surface area (Å²) >= 11 is 0. The second-order valence-corrected chi connectivity index (χ2v) is 7.61. The Morgan fingerprint density at radius 2 is 1.88 bits per heavy atom. The average Bonchev–Trinajstić information content (AvgIpc) is 2.54. The molecule has 24 heavy (non-hydrogen) atoms. The van der Waals surface area contributed by atoms with Gasteiger partial charge in [0.2, 0.25) is 0 Å². The number of hydrogen-bond donors (Lipinski definition) is 0. The summed E-state index contributed by atoms with van der Waals surface area (Å²) in [5, 5.41) is 0. The maximum absolute atomic E-state index is 12.1. The van der Waals surface area contributed by atoms with Crippen molar-refractivity contribution in [3.63, 3.8) is 0 Å². The van der Waals surface area contributed by atoms with Gasteiger partial charge in [-0.05, 0) is 70.4 Å². The molecule has 0 bridgehead atoms. The van der Waals surface area contributed by atoms with E-state index in [2.05, 4.69) is 12.1 Å². The SMILES string of the molecule is COc1ccccc1CCCC1CCN(C(=O)OC(C)(C)C)CC1. The highest BCUT2D eigenvalue weighted by atomic mass is 16.6. The van der Waals surface area contributed by atoms with E-state index in [0.717, 1.165) is 44.5 Å². The summed E-state index contributed by atoms with van der Waals surface area (Å²) in [6.07, 6.45) is 5.40. The van der Waals surface area contributed by atoms with Crippen molar-refractivity contribution < 1.29 is 14.3 Å². The van der Waals surface area contributed by atoms with Crippen molar-refractivity contribution in [2.24, 2.45) is 5.92 Å². The van der Waals surface area contributed by atoms with E-state index < -0.39 is 5.60 Å². The van der Waals surface area contributed by atoms with Crippen LogP contribution >= 0.6 is 0 Å². The Kier molecular flexibility index (Phi) is 6.52. The molecular formula is C20H31NO3. The maximum Gasteiger partial charge on any atom is 0.410 e. The number of hydrogen-bond acceptors (Lipinski definition) is 3. The quantitative estimate of drug-likeness (QED) is 0.786. The fourth-order valence-corrected chi connectivity index (χ4v) is 3.22. The van der Waals surface area contributed by atoms with Crippen molar-refractivity contribution >= 4 is 6.09 Å². The summed E-state index contributed by atoms with van der Waals surface area (Å²) in [7, 11) is 1.73. The van der Waals surface area contributed by atoms with Crippen LogP contribution < -0.4 is 4.74 Å². The zero-order valence-corrected chi connectivity index (χ0v) is 15.5. The third-order valence-electron chi connectivity index (χ3n) is 4.52. The van der Waals surface area contributed by atoms with E-state index in [4.69, 9.17) is 9.47 Å². The monoisotopic (exact) mass is 333 g/mol. The molecule has 0 aromatic heterocycles. The molecule has 0 N–H and O–H groups in total. The Hall–Kier alpha value is -1.71. The van der Waals surface area contributed by atoms with Crippen molar-refractivity contribution in [2.75, 3.05) is 20.2 Å². The zero-order valence-electron chi connectivity index (χ0n) is 15.5. The fourth-order valence-electron chi connectivity index (χ4n) is 3.22. The molecule has 1 fully saturated rings. The van der Waals surface area contributed by atoms with Crippen LogP contribution in [0.25, 0.3) is 0 Å². The molecular weight excluding hydrogens is 302 g/mol. The lowest BCUT2D eigenvalue weighted by Crippen LogP contribution is -2.41. The molecule has 1 heterocycles. The van der Waals surface area contributed by atoms with Gasteiger partial charge in [0.25, 0.3) is 0 Å². The number of ether oxygens (including phenoxy) is 2. The van der Waals surface area contributed by atoms with Gasteiger partial charge in [0.1, 0.15) is 11.4 Å². The number of aryl methyl sites for hydroxylation is 1. The number of nitrogens with zero attached hydrogens (tertiary/aromatic N) is 1. The molecule has 1 amide bonds. The van der Waals surface area contributed by atoms with Crippen LogP contribution in [0.1, 0.15) is 52.0 Å². The Morgan fingerprint density at radius 1 is 1.21 bits per heavy atom. The van der Waals surface area contributed by atoms with Crippen molar-refractivity contribution in [1.29, 1.82) is 0 Å². The molecule has 1 saturated heterocycles. The highest BCUT2D eigenvalue weighted by Crippen LogP contribution is 2.26. The van der Waals surface area contributed by atoms with Crippen LogP contribution in [0.2, 0.25) is 0 Å². The summed E-state index contributed by atoms with van der Waals surface area (Å²) < 4.78 is 10.9. The van der Waals surface area contributed by atoms with Gasteiger partial charge in [-0.25, -0.2) is 4.79 Å². The van der Waals surface area contributed by atoms with Crippen LogP contribution in [0.5, 0.6) is 5.75 Å². The molecule has 0 aliphatic carbocycles. The van der Waals surface area contributed by atoms with Crippen LogP contribution in [-0.4, -0.2) is 36.8 Å². The molecule has 1 aliphatic rings. The third-order valence-corrected chi connectivity index (χ3v) is 4.52. The number of likely N-dealkylation sites (tertiary alicyclic amines) is 1. The molecule has 0 radical (unpaired) electrons. The maximum atomic E-state index is 12.1. The molecule has 1 aromatic rings. The lowest BCUT2D eigenvalue weighted by Gasteiger charge is -2.33. The summed E-state index contributed by atoms with van der Waals surface area (Å²) in [5.41, 5.74) is 0.869. The number of carbonyl (C=O) groups excluding carboxylic acids is 1. The predicted molar refractivity (Wildman–Crippen MR) is 96.5 cm³/mol.